The maximum absolute atomic E-state index is 5.81. The number of morpholine rings is 1. The molecule has 1 aliphatic carbocycles. The van der Waals surface area contributed by atoms with E-state index < -0.39 is 0 Å². The molecule has 3 aliphatic heterocycles. The second-order valence-corrected chi connectivity index (χ2v) is 9.36. The van der Waals surface area contributed by atoms with Gasteiger partial charge in [-0.2, -0.15) is 0 Å². The van der Waals surface area contributed by atoms with Crippen LogP contribution in [0.15, 0.2) is 11.2 Å². The number of rotatable bonds is 9. The molecule has 0 aromatic heterocycles. The molecule has 1 saturated heterocycles. The molecule has 0 spiro atoms. The van der Waals surface area contributed by atoms with Gasteiger partial charge in [0, 0.05) is 50.1 Å². The number of oxime groups is 1. The normalized spacial score (nSPS) is 23.9. The molecule has 1 atom stereocenters. The third-order valence-corrected chi connectivity index (χ3v) is 7.16. The van der Waals surface area contributed by atoms with Crippen molar-refractivity contribution in [2.24, 2.45) is 5.16 Å². The minimum absolute atomic E-state index is 0.0421. The fourth-order valence-corrected chi connectivity index (χ4v) is 5.46. The minimum atomic E-state index is -0.0421. The van der Waals surface area contributed by atoms with Crippen LogP contribution in [-0.4, -0.2) is 82.7 Å². The number of benzene rings is 1. The van der Waals surface area contributed by atoms with Gasteiger partial charge in [0.15, 0.2) is 11.5 Å². The Morgan fingerprint density at radius 3 is 2.67 bits per heavy atom. The van der Waals surface area contributed by atoms with Crippen molar-refractivity contribution in [3.05, 3.63) is 11.6 Å². The number of hydrogen-bond donors (Lipinski definition) is 1. The smallest absolute Gasteiger partial charge is 0.231 e. The quantitative estimate of drug-likeness (QED) is 0.600. The largest absolute Gasteiger partial charge is 0.493 e. The van der Waals surface area contributed by atoms with Gasteiger partial charge in [-0.1, -0.05) is 18.0 Å². The molecule has 2 fully saturated rings. The molecule has 3 heterocycles. The lowest BCUT2D eigenvalue weighted by molar-refractivity contribution is 0.0244. The lowest BCUT2D eigenvalue weighted by Crippen LogP contribution is -2.55. The van der Waals surface area contributed by atoms with Crippen LogP contribution in [-0.2, 0) is 16.0 Å². The van der Waals surface area contributed by atoms with E-state index in [4.69, 9.17) is 28.5 Å². The van der Waals surface area contributed by atoms with Gasteiger partial charge >= 0.3 is 0 Å². The molecule has 1 aromatic carbocycles. The highest BCUT2D eigenvalue weighted by atomic mass is 16.7. The van der Waals surface area contributed by atoms with E-state index in [0.717, 1.165) is 57.1 Å². The van der Waals surface area contributed by atoms with Crippen molar-refractivity contribution in [1.29, 1.82) is 0 Å². The van der Waals surface area contributed by atoms with Crippen molar-refractivity contribution in [3.63, 3.8) is 0 Å². The van der Waals surface area contributed by atoms with Crippen LogP contribution in [0.2, 0.25) is 0 Å². The summed E-state index contributed by atoms with van der Waals surface area (Å²) in [4.78, 5) is 8.35. The minimum Gasteiger partial charge on any atom is -0.493 e. The summed E-state index contributed by atoms with van der Waals surface area (Å²) in [7, 11) is 3.27. The Morgan fingerprint density at radius 1 is 1.12 bits per heavy atom. The maximum atomic E-state index is 5.81. The summed E-state index contributed by atoms with van der Waals surface area (Å²) in [5.74, 6) is 2.51. The zero-order chi connectivity index (χ0) is 22.7. The number of ether oxygens (including phenoxy) is 5. The lowest BCUT2D eigenvalue weighted by Gasteiger charge is -2.38. The molecule has 1 saturated carbocycles. The fourth-order valence-electron chi connectivity index (χ4n) is 5.46. The molecule has 5 rings (SSSR count). The number of hydrogen-bond acceptors (Lipinski definition) is 9. The molecule has 4 aliphatic rings. The van der Waals surface area contributed by atoms with Crippen molar-refractivity contribution in [2.45, 2.75) is 50.2 Å². The van der Waals surface area contributed by atoms with Gasteiger partial charge in [-0.15, -0.1) is 0 Å². The predicted molar refractivity (Wildman–Crippen MR) is 123 cm³/mol. The van der Waals surface area contributed by atoms with E-state index in [9.17, 15) is 0 Å². The van der Waals surface area contributed by atoms with Crippen LogP contribution in [0, 0.1) is 0 Å². The molecule has 182 valence electrons. The highest BCUT2D eigenvalue weighted by Crippen LogP contribution is 2.50. The Morgan fingerprint density at radius 2 is 1.91 bits per heavy atom. The molecule has 0 unspecified atom stereocenters. The molecule has 9 nitrogen and oxygen atoms in total. The van der Waals surface area contributed by atoms with Crippen molar-refractivity contribution in [1.82, 2.24) is 10.2 Å². The van der Waals surface area contributed by atoms with E-state index in [-0.39, 0.29) is 18.4 Å². The van der Waals surface area contributed by atoms with Crippen molar-refractivity contribution in [2.75, 3.05) is 60.4 Å². The van der Waals surface area contributed by atoms with Crippen LogP contribution < -0.4 is 24.3 Å². The summed E-state index contributed by atoms with van der Waals surface area (Å²) < 4.78 is 27.9. The first kappa shape index (κ1) is 22.6. The van der Waals surface area contributed by atoms with Crippen LogP contribution in [0.25, 0.3) is 0 Å². The molecule has 1 N–H and O–H groups in total. The van der Waals surface area contributed by atoms with Crippen LogP contribution in [0.4, 0.5) is 0 Å². The van der Waals surface area contributed by atoms with Crippen molar-refractivity contribution < 1.29 is 28.5 Å². The van der Waals surface area contributed by atoms with Crippen LogP contribution in [0.3, 0.4) is 0 Å². The van der Waals surface area contributed by atoms with Crippen molar-refractivity contribution in [3.8, 4) is 23.0 Å². The molecule has 0 bridgehead atoms. The Balaban J connectivity index is 1.19. The van der Waals surface area contributed by atoms with Gasteiger partial charge in [0.25, 0.3) is 0 Å². The molecule has 9 heteroatoms. The van der Waals surface area contributed by atoms with Gasteiger partial charge in [-0.25, -0.2) is 0 Å². The summed E-state index contributed by atoms with van der Waals surface area (Å²) in [5, 5.41) is 8.28. The van der Waals surface area contributed by atoms with E-state index in [1.54, 1.807) is 14.2 Å². The summed E-state index contributed by atoms with van der Waals surface area (Å²) in [6.45, 7) is 5.74. The summed E-state index contributed by atoms with van der Waals surface area (Å²) >= 11 is 0. The lowest BCUT2D eigenvalue weighted by atomic mass is 9.95. The average Bonchev–Trinajstić information content (AvgIpc) is 3.60. The Hall–Kier alpha value is -2.23. The summed E-state index contributed by atoms with van der Waals surface area (Å²) in [5.41, 5.74) is 2.21. The highest BCUT2D eigenvalue weighted by molar-refractivity contribution is 5.87. The number of methoxy groups -OCH3 is 2. The van der Waals surface area contributed by atoms with E-state index in [2.05, 4.69) is 15.4 Å². The van der Waals surface area contributed by atoms with E-state index >= 15 is 0 Å². The van der Waals surface area contributed by atoms with Gasteiger partial charge in [0.2, 0.25) is 18.3 Å². The predicted octanol–water partition coefficient (Wildman–Crippen LogP) is 2.35. The Kier molecular flexibility index (Phi) is 6.80. The zero-order valence-corrected chi connectivity index (χ0v) is 19.7. The van der Waals surface area contributed by atoms with Gasteiger partial charge in [0.05, 0.1) is 33.1 Å². The van der Waals surface area contributed by atoms with E-state index in [0.29, 0.717) is 29.4 Å². The standard InChI is InChI=1S/C24H35N3O6/c1-28-20-12-17(21(29-2)23-22(20)31-16-32-23)11-19-13-18(26-33-19)14-25-24(5-3-4-6-24)15-27-7-9-30-10-8-27/h12,19,25H,3-11,13-16H2,1-2H3/t19-/m0/s1. The SMILES string of the molecule is COc1cc(C[C@H]2CC(CNC3(CN4CCOCC4)CCCC3)=NO2)c(OC)c2c1OCO2. The molecule has 0 amide bonds. The van der Waals surface area contributed by atoms with E-state index in [1.165, 1.54) is 25.7 Å². The molecule has 33 heavy (non-hydrogen) atoms. The molecular weight excluding hydrogens is 426 g/mol. The third kappa shape index (κ3) is 4.85. The van der Waals surface area contributed by atoms with Gasteiger partial charge in [0.1, 0.15) is 6.10 Å². The van der Waals surface area contributed by atoms with E-state index in [1.807, 2.05) is 6.07 Å². The first-order valence-corrected chi connectivity index (χ1v) is 12.0. The molecule has 0 radical (unpaired) electrons. The maximum Gasteiger partial charge on any atom is 0.231 e. The second kappa shape index (κ2) is 9.95. The zero-order valence-electron chi connectivity index (χ0n) is 19.7. The highest BCUT2D eigenvalue weighted by Gasteiger charge is 2.36. The van der Waals surface area contributed by atoms with Gasteiger partial charge < -0.3 is 33.8 Å². The topological polar surface area (TPSA) is 83.0 Å². The number of fused-ring (bicyclic) bond motifs is 1. The average molecular weight is 462 g/mol. The molecule has 1 aromatic rings. The van der Waals surface area contributed by atoms with Crippen LogP contribution >= 0.6 is 0 Å². The summed E-state index contributed by atoms with van der Waals surface area (Å²) in [6.07, 6.45) is 6.41. The number of nitrogens with one attached hydrogen (secondary N) is 1. The fraction of sp³-hybridized carbons (Fsp3) is 0.708. The second-order valence-electron chi connectivity index (χ2n) is 9.36. The van der Waals surface area contributed by atoms with Crippen molar-refractivity contribution >= 4 is 5.71 Å². The summed E-state index contributed by atoms with van der Waals surface area (Å²) in [6, 6.07) is 1.95. The van der Waals surface area contributed by atoms with Gasteiger partial charge in [-0.3, -0.25) is 4.90 Å². The Bertz CT molecular complexity index is 864. The monoisotopic (exact) mass is 461 g/mol. The van der Waals surface area contributed by atoms with Crippen LogP contribution in [0.1, 0.15) is 37.7 Å². The number of nitrogens with zero attached hydrogens (tertiary/aromatic N) is 2. The third-order valence-electron chi connectivity index (χ3n) is 7.16. The molecular formula is C24H35N3O6. The Labute approximate surface area is 195 Å². The van der Waals surface area contributed by atoms with Gasteiger partial charge in [-0.05, 0) is 18.9 Å². The first-order chi connectivity index (χ1) is 16.2. The first-order valence-electron chi connectivity index (χ1n) is 12.0. The van der Waals surface area contributed by atoms with Crippen LogP contribution in [0.5, 0.6) is 23.0 Å².